The van der Waals surface area contributed by atoms with Crippen LogP contribution in [0.5, 0.6) is 0 Å². The third-order valence-electron chi connectivity index (χ3n) is 8.39. The van der Waals surface area contributed by atoms with Crippen LogP contribution in [0.25, 0.3) is 10.9 Å². The maximum atomic E-state index is 13.5. The molecule has 188 valence electrons. The molecule has 5 rings (SSSR count). The second-order valence-corrected chi connectivity index (χ2v) is 11.0. The van der Waals surface area contributed by atoms with E-state index in [-0.39, 0.29) is 17.1 Å². The number of H-pyrrole nitrogens is 1. The van der Waals surface area contributed by atoms with Crippen molar-refractivity contribution < 1.29 is 0 Å². The third-order valence-corrected chi connectivity index (χ3v) is 8.39. The highest BCUT2D eigenvalue weighted by Crippen LogP contribution is 2.32. The average Bonchev–Trinajstić information content (AvgIpc) is 3.37. The normalized spacial score (nSPS) is 19.9. The van der Waals surface area contributed by atoms with E-state index in [9.17, 15) is 4.79 Å². The standard InChI is InChI=1S/C27H39N7O/c1-5-27(3,4)34-25(29-30-31-34)24(22-18-20-11-9-10-19(2)23(20)28-26(22)35)33-16-14-32(15-17-33)21-12-7-6-8-13-21/h9-11,18,21,24H,5-8,12-17H2,1-4H3,(H,28,35)/t24-/m1/s1. The van der Waals surface area contributed by atoms with Crippen LogP contribution in [-0.2, 0) is 5.54 Å². The van der Waals surface area contributed by atoms with Crippen LogP contribution in [0.15, 0.2) is 29.1 Å². The summed E-state index contributed by atoms with van der Waals surface area (Å²) in [7, 11) is 0. The molecule has 1 N–H and O–H groups in total. The smallest absolute Gasteiger partial charge is 0.253 e. The Bertz CT molecular complexity index is 1220. The summed E-state index contributed by atoms with van der Waals surface area (Å²) in [6.07, 6.45) is 7.59. The van der Waals surface area contributed by atoms with E-state index in [0.717, 1.165) is 60.5 Å². The first-order valence-corrected chi connectivity index (χ1v) is 13.3. The Labute approximate surface area is 207 Å². The fourth-order valence-corrected chi connectivity index (χ4v) is 5.85. The largest absolute Gasteiger partial charge is 0.321 e. The number of nitrogens with zero attached hydrogens (tertiary/aromatic N) is 6. The van der Waals surface area contributed by atoms with E-state index < -0.39 is 0 Å². The molecule has 0 bridgehead atoms. The van der Waals surface area contributed by atoms with Gasteiger partial charge in [-0.3, -0.25) is 14.6 Å². The highest BCUT2D eigenvalue weighted by molar-refractivity contribution is 5.82. The number of aromatic nitrogens is 5. The summed E-state index contributed by atoms with van der Waals surface area (Å²) < 4.78 is 1.94. The lowest BCUT2D eigenvalue weighted by atomic mass is 9.93. The molecule has 2 aromatic heterocycles. The van der Waals surface area contributed by atoms with Gasteiger partial charge in [0.25, 0.3) is 5.56 Å². The second-order valence-electron chi connectivity index (χ2n) is 11.0. The zero-order valence-electron chi connectivity index (χ0n) is 21.6. The van der Waals surface area contributed by atoms with Gasteiger partial charge in [0.15, 0.2) is 5.82 Å². The molecule has 0 radical (unpaired) electrons. The van der Waals surface area contributed by atoms with Crippen molar-refractivity contribution in [2.24, 2.45) is 0 Å². The van der Waals surface area contributed by atoms with Gasteiger partial charge in [-0.05, 0) is 67.5 Å². The van der Waals surface area contributed by atoms with Gasteiger partial charge in [-0.25, -0.2) is 4.68 Å². The van der Waals surface area contributed by atoms with Gasteiger partial charge < -0.3 is 4.98 Å². The summed E-state index contributed by atoms with van der Waals surface area (Å²) >= 11 is 0. The molecule has 3 aromatic rings. The number of tetrazole rings is 1. The molecule has 1 saturated carbocycles. The minimum Gasteiger partial charge on any atom is -0.321 e. The molecule has 1 aliphatic heterocycles. The summed E-state index contributed by atoms with van der Waals surface area (Å²) in [6, 6.07) is 8.61. The fourth-order valence-electron chi connectivity index (χ4n) is 5.85. The van der Waals surface area contributed by atoms with Gasteiger partial charge in [0, 0.05) is 37.8 Å². The monoisotopic (exact) mass is 477 g/mol. The first-order chi connectivity index (χ1) is 16.9. The van der Waals surface area contributed by atoms with Gasteiger partial charge in [-0.15, -0.1) is 5.10 Å². The van der Waals surface area contributed by atoms with Crippen LogP contribution in [0.2, 0.25) is 0 Å². The first-order valence-electron chi connectivity index (χ1n) is 13.3. The van der Waals surface area contributed by atoms with E-state index in [1.54, 1.807) is 0 Å². The number of nitrogens with one attached hydrogen (secondary N) is 1. The molecule has 3 heterocycles. The van der Waals surface area contributed by atoms with Gasteiger partial charge in [0.2, 0.25) is 0 Å². The molecule has 0 spiro atoms. The molecule has 1 saturated heterocycles. The van der Waals surface area contributed by atoms with Crippen LogP contribution in [0.1, 0.15) is 82.3 Å². The number of hydrogen-bond donors (Lipinski definition) is 1. The van der Waals surface area contributed by atoms with Gasteiger partial charge in [-0.1, -0.05) is 44.4 Å². The quantitative estimate of drug-likeness (QED) is 0.578. The topological polar surface area (TPSA) is 82.9 Å². The summed E-state index contributed by atoms with van der Waals surface area (Å²) in [5, 5.41) is 14.1. The highest BCUT2D eigenvalue weighted by atomic mass is 16.1. The van der Waals surface area contributed by atoms with Crippen LogP contribution in [0.4, 0.5) is 0 Å². The lowest BCUT2D eigenvalue weighted by Crippen LogP contribution is -2.52. The first kappa shape index (κ1) is 24.1. The lowest BCUT2D eigenvalue weighted by Gasteiger charge is -2.43. The van der Waals surface area contributed by atoms with Crippen LogP contribution < -0.4 is 5.56 Å². The van der Waals surface area contributed by atoms with Crippen LogP contribution >= 0.6 is 0 Å². The molecule has 8 nitrogen and oxygen atoms in total. The average molecular weight is 478 g/mol. The number of fused-ring (bicyclic) bond motifs is 1. The fraction of sp³-hybridized carbons (Fsp3) is 0.630. The number of rotatable bonds is 6. The molecule has 0 unspecified atom stereocenters. The lowest BCUT2D eigenvalue weighted by molar-refractivity contribution is 0.0603. The Morgan fingerprint density at radius 3 is 2.57 bits per heavy atom. The van der Waals surface area contributed by atoms with Crippen molar-refractivity contribution in [1.29, 1.82) is 0 Å². The van der Waals surface area contributed by atoms with Gasteiger partial charge >= 0.3 is 0 Å². The van der Waals surface area contributed by atoms with Crippen molar-refractivity contribution in [2.75, 3.05) is 26.2 Å². The van der Waals surface area contributed by atoms with Crippen molar-refractivity contribution in [3.8, 4) is 0 Å². The SMILES string of the molecule is CCC(C)(C)n1nnnc1[C@@H](c1cc2cccc(C)c2[nH]c1=O)N1CCN(C2CCCCC2)CC1. The van der Waals surface area contributed by atoms with E-state index in [1.165, 1.54) is 32.1 Å². The summed E-state index contributed by atoms with van der Waals surface area (Å²) in [6.45, 7) is 12.3. The number of para-hydroxylation sites is 1. The molecular weight excluding hydrogens is 438 g/mol. The molecular formula is C27H39N7O. The Kier molecular flexibility index (Phi) is 6.77. The maximum absolute atomic E-state index is 13.5. The Hall–Kier alpha value is -2.58. The Balaban J connectivity index is 1.54. The molecule has 1 aromatic carbocycles. The molecule has 2 fully saturated rings. The number of pyridine rings is 1. The second kappa shape index (κ2) is 9.82. The van der Waals surface area contributed by atoms with Crippen LogP contribution in [0, 0.1) is 6.92 Å². The van der Waals surface area contributed by atoms with E-state index in [4.69, 9.17) is 0 Å². The minimum absolute atomic E-state index is 0.0598. The van der Waals surface area contributed by atoms with Crippen LogP contribution in [-0.4, -0.2) is 67.2 Å². The molecule has 2 aliphatic rings. The molecule has 8 heteroatoms. The summed E-state index contributed by atoms with van der Waals surface area (Å²) in [4.78, 5) is 21.8. The van der Waals surface area contributed by atoms with Gasteiger partial charge in [0.1, 0.15) is 6.04 Å². The molecule has 1 atom stereocenters. The molecule has 35 heavy (non-hydrogen) atoms. The van der Waals surface area contributed by atoms with Crippen LogP contribution in [0.3, 0.4) is 0 Å². The van der Waals surface area contributed by atoms with Crippen molar-refractivity contribution in [1.82, 2.24) is 35.0 Å². The number of aryl methyl sites for hydroxylation is 1. The predicted molar refractivity (Wildman–Crippen MR) is 139 cm³/mol. The Morgan fingerprint density at radius 1 is 1.11 bits per heavy atom. The Morgan fingerprint density at radius 2 is 1.86 bits per heavy atom. The van der Waals surface area contributed by atoms with Crippen molar-refractivity contribution in [2.45, 2.75) is 83.8 Å². The van der Waals surface area contributed by atoms with Gasteiger partial charge in [0.05, 0.1) is 11.1 Å². The number of aromatic amines is 1. The van der Waals surface area contributed by atoms with E-state index in [1.807, 2.05) is 23.7 Å². The zero-order chi connectivity index (χ0) is 24.6. The zero-order valence-corrected chi connectivity index (χ0v) is 21.6. The maximum Gasteiger partial charge on any atom is 0.253 e. The van der Waals surface area contributed by atoms with Crippen molar-refractivity contribution in [3.05, 3.63) is 51.6 Å². The van der Waals surface area contributed by atoms with Crippen molar-refractivity contribution in [3.63, 3.8) is 0 Å². The number of piperazine rings is 1. The van der Waals surface area contributed by atoms with Gasteiger partial charge in [-0.2, -0.15) is 0 Å². The predicted octanol–water partition coefficient (Wildman–Crippen LogP) is 4.01. The number of benzene rings is 1. The van der Waals surface area contributed by atoms with Crippen molar-refractivity contribution >= 4 is 10.9 Å². The molecule has 1 aliphatic carbocycles. The van der Waals surface area contributed by atoms with E-state index in [2.05, 4.69) is 63.2 Å². The number of hydrogen-bond acceptors (Lipinski definition) is 6. The summed E-state index contributed by atoms with van der Waals surface area (Å²) in [5.41, 5.74) is 2.38. The highest BCUT2D eigenvalue weighted by Gasteiger charge is 2.36. The summed E-state index contributed by atoms with van der Waals surface area (Å²) in [5.74, 6) is 0.750. The van der Waals surface area contributed by atoms with E-state index >= 15 is 0 Å². The van der Waals surface area contributed by atoms with E-state index in [0.29, 0.717) is 6.04 Å². The minimum atomic E-state index is -0.294. The molecule has 0 amide bonds. The third kappa shape index (κ3) is 4.66.